The standard InChI is InChI=1S/C23H23Cl2FN6O2/c1-13(19-14(24)6-7-15(26)20(19)25)34-22-21(27)28-12-18(30-22)16-4-3-5-17(29-16)23(33)32-10-8-31(2)9-11-32/h3-7,12-13H,8-11H2,1-2H3,(H2,27,28). The van der Waals surface area contributed by atoms with E-state index in [1.54, 1.807) is 30.0 Å². The van der Waals surface area contributed by atoms with Crippen LogP contribution in [0.3, 0.4) is 0 Å². The summed E-state index contributed by atoms with van der Waals surface area (Å²) in [6, 6.07) is 7.70. The van der Waals surface area contributed by atoms with E-state index in [0.717, 1.165) is 13.1 Å². The SMILES string of the molecule is CC(Oc1nc(-c2cccc(C(=O)N3CCN(C)CC3)n2)cnc1N)c1c(Cl)ccc(F)c1Cl. The Labute approximate surface area is 206 Å². The van der Waals surface area contributed by atoms with E-state index >= 15 is 0 Å². The van der Waals surface area contributed by atoms with Gasteiger partial charge in [0.05, 0.1) is 16.9 Å². The van der Waals surface area contributed by atoms with Crippen LogP contribution in [0, 0.1) is 5.82 Å². The topological polar surface area (TPSA) is 97.5 Å². The molecule has 34 heavy (non-hydrogen) atoms. The van der Waals surface area contributed by atoms with Crippen LogP contribution in [0.2, 0.25) is 10.0 Å². The third-order valence-corrected chi connectivity index (χ3v) is 6.28. The van der Waals surface area contributed by atoms with Gasteiger partial charge >= 0.3 is 0 Å². The van der Waals surface area contributed by atoms with Crippen molar-refractivity contribution in [1.82, 2.24) is 24.8 Å². The number of amides is 1. The molecule has 1 unspecified atom stereocenters. The van der Waals surface area contributed by atoms with Crippen molar-refractivity contribution in [2.24, 2.45) is 0 Å². The minimum atomic E-state index is -0.763. The largest absolute Gasteiger partial charge is 0.467 e. The first-order valence-electron chi connectivity index (χ1n) is 10.6. The van der Waals surface area contributed by atoms with E-state index in [1.807, 2.05) is 7.05 Å². The zero-order valence-corrected chi connectivity index (χ0v) is 20.1. The minimum absolute atomic E-state index is 0.0130. The summed E-state index contributed by atoms with van der Waals surface area (Å²) in [6.45, 7) is 4.56. The van der Waals surface area contributed by atoms with Crippen molar-refractivity contribution < 1.29 is 13.9 Å². The summed E-state index contributed by atoms with van der Waals surface area (Å²) in [5, 5.41) is 0.109. The molecule has 8 nitrogen and oxygen atoms in total. The lowest BCUT2D eigenvalue weighted by Crippen LogP contribution is -2.47. The predicted octanol–water partition coefficient (Wildman–Crippen LogP) is 4.09. The molecule has 0 spiro atoms. The number of aromatic nitrogens is 3. The van der Waals surface area contributed by atoms with Gasteiger partial charge in [-0.05, 0) is 38.2 Å². The molecule has 1 aliphatic rings. The summed E-state index contributed by atoms with van der Waals surface area (Å²) in [5.41, 5.74) is 7.35. The number of benzene rings is 1. The number of anilines is 1. The summed E-state index contributed by atoms with van der Waals surface area (Å²) in [5.74, 6) is -0.711. The van der Waals surface area contributed by atoms with Crippen LogP contribution >= 0.6 is 23.2 Å². The van der Waals surface area contributed by atoms with E-state index in [9.17, 15) is 9.18 Å². The van der Waals surface area contributed by atoms with Gasteiger partial charge in [-0.1, -0.05) is 29.3 Å². The summed E-state index contributed by atoms with van der Waals surface area (Å²) >= 11 is 12.3. The zero-order valence-electron chi connectivity index (χ0n) is 18.6. The fourth-order valence-electron chi connectivity index (χ4n) is 3.60. The maximum atomic E-state index is 13.9. The Morgan fingerprint density at radius 3 is 2.59 bits per heavy atom. The molecule has 2 aromatic heterocycles. The molecule has 1 aromatic carbocycles. The molecule has 3 aromatic rings. The van der Waals surface area contributed by atoms with Gasteiger partial charge in [-0.2, -0.15) is 0 Å². The number of pyridine rings is 1. The van der Waals surface area contributed by atoms with Crippen molar-refractivity contribution in [3.05, 3.63) is 63.6 Å². The molecule has 1 atom stereocenters. The van der Waals surface area contributed by atoms with Crippen LogP contribution in [-0.2, 0) is 0 Å². The number of rotatable bonds is 5. The zero-order chi connectivity index (χ0) is 24.4. The lowest BCUT2D eigenvalue weighted by Gasteiger charge is -2.32. The lowest BCUT2D eigenvalue weighted by atomic mass is 10.1. The van der Waals surface area contributed by atoms with Gasteiger partial charge in [0.15, 0.2) is 5.82 Å². The molecule has 1 saturated heterocycles. The number of nitrogen functional groups attached to an aromatic ring is 1. The second-order valence-corrected chi connectivity index (χ2v) is 8.75. The van der Waals surface area contributed by atoms with Crippen molar-refractivity contribution in [1.29, 1.82) is 0 Å². The van der Waals surface area contributed by atoms with Gasteiger partial charge in [0.1, 0.15) is 23.3 Å². The van der Waals surface area contributed by atoms with Crippen molar-refractivity contribution in [3.63, 3.8) is 0 Å². The maximum Gasteiger partial charge on any atom is 0.272 e. The van der Waals surface area contributed by atoms with Crippen LogP contribution in [0.15, 0.2) is 36.5 Å². The van der Waals surface area contributed by atoms with E-state index in [-0.39, 0.29) is 33.2 Å². The van der Waals surface area contributed by atoms with Gasteiger partial charge in [0, 0.05) is 36.8 Å². The van der Waals surface area contributed by atoms with Gasteiger partial charge in [0.2, 0.25) is 0 Å². The number of nitrogens with two attached hydrogens (primary N) is 1. The highest BCUT2D eigenvalue weighted by Crippen LogP contribution is 2.35. The maximum absolute atomic E-state index is 13.9. The van der Waals surface area contributed by atoms with Crippen LogP contribution in [0.4, 0.5) is 10.2 Å². The van der Waals surface area contributed by atoms with Crippen LogP contribution in [0.25, 0.3) is 11.4 Å². The molecular weight excluding hydrogens is 482 g/mol. The Kier molecular flexibility index (Phi) is 7.16. The number of carbonyl (C=O) groups is 1. The number of hydrogen-bond acceptors (Lipinski definition) is 7. The normalized spacial score (nSPS) is 15.3. The van der Waals surface area contributed by atoms with Crippen LogP contribution in [0.5, 0.6) is 5.88 Å². The highest BCUT2D eigenvalue weighted by atomic mass is 35.5. The summed E-state index contributed by atoms with van der Waals surface area (Å²) < 4.78 is 19.8. The van der Waals surface area contributed by atoms with Crippen LogP contribution in [-0.4, -0.2) is 63.9 Å². The molecular formula is C23H23Cl2FN6O2. The number of likely N-dealkylation sites (N-methyl/N-ethyl adjacent to an activating group) is 1. The van der Waals surface area contributed by atoms with E-state index in [2.05, 4.69) is 19.9 Å². The van der Waals surface area contributed by atoms with Crippen molar-refractivity contribution in [2.75, 3.05) is 39.0 Å². The molecule has 0 radical (unpaired) electrons. The number of piperazine rings is 1. The summed E-state index contributed by atoms with van der Waals surface area (Å²) in [6.07, 6.45) is 0.683. The highest BCUT2D eigenvalue weighted by molar-refractivity contribution is 6.36. The molecule has 11 heteroatoms. The van der Waals surface area contributed by atoms with Gasteiger partial charge in [0.25, 0.3) is 11.8 Å². The fourth-order valence-corrected chi connectivity index (χ4v) is 4.28. The van der Waals surface area contributed by atoms with Gasteiger partial charge in [-0.15, -0.1) is 0 Å². The first-order chi connectivity index (χ1) is 16.2. The fraction of sp³-hybridized carbons (Fsp3) is 0.304. The molecule has 4 rings (SSSR count). The van der Waals surface area contributed by atoms with Crippen molar-refractivity contribution >= 4 is 34.9 Å². The summed E-state index contributed by atoms with van der Waals surface area (Å²) in [7, 11) is 2.02. The van der Waals surface area contributed by atoms with E-state index in [4.69, 9.17) is 33.7 Å². The molecule has 3 heterocycles. The number of halogens is 3. The Bertz CT molecular complexity index is 1220. The van der Waals surface area contributed by atoms with Crippen molar-refractivity contribution in [2.45, 2.75) is 13.0 Å². The molecule has 1 amide bonds. The van der Waals surface area contributed by atoms with Crippen LogP contribution < -0.4 is 10.5 Å². The Balaban J connectivity index is 1.59. The Morgan fingerprint density at radius 2 is 1.85 bits per heavy atom. The molecule has 1 aliphatic heterocycles. The minimum Gasteiger partial charge on any atom is -0.467 e. The van der Waals surface area contributed by atoms with Gasteiger partial charge in [-0.25, -0.2) is 19.3 Å². The average Bonchev–Trinajstić information content (AvgIpc) is 2.83. The second kappa shape index (κ2) is 10.1. The monoisotopic (exact) mass is 504 g/mol. The first-order valence-corrected chi connectivity index (χ1v) is 11.4. The molecule has 0 bridgehead atoms. The second-order valence-electron chi connectivity index (χ2n) is 7.97. The number of hydrogen-bond donors (Lipinski definition) is 1. The molecule has 1 fully saturated rings. The number of carbonyl (C=O) groups excluding carboxylic acids is 1. The molecule has 2 N–H and O–H groups in total. The van der Waals surface area contributed by atoms with Crippen molar-refractivity contribution in [3.8, 4) is 17.3 Å². The predicted molar refractivity (Wildman–Crippen MR) is 129 cm³/mol. The number of nitrogens with zero attached hydrogens (tertiary/aromatic N) is 5. The average molecular weight is 505 g/mol. The number of ether oxygens (including phenoxy) is 1. The molecule has 0 saturated carbocycles. The third kappa shape index (κ3) is 5.06. The Morgan fingerprint density at radius 1 is 1.12 bits per heavy atom. The Hall–Kier alpha value is -3.01. The highest BCUT2D eigenvalue weighted by Gasteiger charge is 2.23. The smallest absolute Gasteiger partial charge is 0.272 e. The lowest BCUT2D eigenvalue weighted by molar-refractivity contribution is 0.0658. The van der Waals surface area contributed by atoms with E-state index < -0.39 is 11.9 Å². The first kappa shape index (κ1) is 24.1. The van der Waals surface area contributed by atoms with E-state index in [1.165, 1.54) is 18.3 Å². The van der Waals surface area contributed by atoms with Gasteiger partial charge in [-0.3, -0.25) is 4.79 Å². The molecule has 0 aliphatic carbocycles. The van der Waals surface area contributed by atoms with Crippen LogP contribution in [0.1, 0.15) is 29.1 Å². The molecule has 178 valence electrons. The summed E-state index contributed by atoms with van der Waals surface area (Å²) in [4.78, 5) is 29.9. The quantitative estimate of drug-likeness (QED) is 0.522. The van der Waals surface area contributed by atoms with Gasteiger partial charge < -0.3 is 20.3 Å². The third-order valence-electron chi connectivity index (χ3n) is 5.56. The van der Waals surface area contributed by atoms with E-state index in [0.29, 0.717) is 30.2 Å².